The molecule has 2 aliphatic heterocycles. The van der Waals surface area contributed by atoms with E-state index in [1.54, 1.807) is 95.7 Å². The first-order chi connectivity index (χ1) is 26.6. The quantitative estimate of drug-likeness (QED) is 0.127. The van der Waals surface area contributed by atoms with Gasteiger partial charge in [0.25, 0.3) is 11.1 Å². The fraction of sp³-hybridized carbons (Fsp3) is 0.122. The number of ether oxygens (including phenoxy) is 2. The van der Waals surface area contributed by atoms with Crippen molar-refractivity contribution < 1.29 is 13.9 Å². The summed E-state index contributed by atoms with van der Waals surface area (Å²) in [5, 5.41) is 0. The summed E-state index contributed by atoms with van der Waals surface area (Å²) in [6.45, 7) is 4.35. The molecule has 0 radical (unpaired) electrons. The lowest BCUT2D eigenvalue weighted by atomic mass is 9.96. The van der Waals surface area contributed by atoms with Gasteiger partial charge in [0.05, 0.1) is 41.6 Å². The molecule has 1 aromatic carbocycles. The molecule has 14 heteroatoms. The molecule has 0 amide bonds. The SMILES string of the molecule is CC(I)I.Cc1c(F)cccc1-c1cc2c(n(-c3cccnc3)c1=O)COc1cccnc1-2.O=c1c(Br)cc2c(n1-c1cccnc1)COc1cccnc1-2. The summed E-state index contributed by atoms with van der Waals surface area (Å²) in [4.78, 5) is 43.2. The molecular formula is C41H30BrFI2N6O4. The fourth-order valence-corrected chi connectivity index (χ4v) is 6.70. The van der Waals surface area contributed by atoms with Gasteiger partial charge in [0.15, 0.2) is 0 Å². The number of fused-ring (bicyclic) bond motifs is 6. The normalized spacial score (nSPS) is 11.9. The van der Waals surface area contributed by atoms with Crippen LogP contribution in [0, 0.1) is 12.7 Å². The van der Waals surface area contributed by atoms with E-state index in [2.05, 4.69) is 88.0 Å². The molecule has 6 aromatic heterocycles. The van der Waals surface area contributed by atoms with Gasteiger partial charge in [0, 0.05) is 41.5 Å². The molecule has 2 aliphatic rings. The molecule has 0 saturated heterocycles. The lowest BCUT2D eigenvalue weighted by Gasteiger charge is -2.24. The van der Waals surface area contributed by atoms with Gasteiger partial charge in [-0.1, -0.05) is 57.3 Å². The second kappa shape index (κ2) is 16.9. The van der Waals surface area contributed by atoms with Gasteiger partial charge < -0.3 is 9.47 Å². The van der Waals surface area contributed by atoms with Crippen molar-refractivity contribution >= 4 is 61.1 Å². The van der Waals surface area contributed by atoms with Gasteiger partial charge in [-0.2, -0.15) is 0 Å². The van der Waals surface area contributed by atoms with Crippen LogP contribution >= 0.6 is 61.1 Å². The Balaban J connectivity index is 0.000000159. The van der Waals surface area contributed by atoms with Crippen molar-refractivity contribution in [2.75, 3.05) is 0 Å². The van der Waals surface area contributed by atoms with Gasteiger partial charge in [-0.05, 0) is 108 Å². The molecule has 0 bridgehead atoms. The minimum Gasteiger partial charge on any atom is -0.485 e. The molecule has 0 N–H and O–H groups in total. The van der Waals surface area contributed by atoms with Crippen molar-refractivity contribution in [2.24, 2.45) is 0 Å². The highest BCUT2D eigenvalue weighted by Crippen LogP contribution is 2.39. The summed E-state index contributed by atoms with van der Waals surface area (Å²) in [6, 6.07) is 22.9. The number of aromatic nitrogens is 6. The highest BCUT2D eigenvalue weighted by Gasteiger charge is 2.27. The van der Waals surface area contributed by atoms with Crippen LogP contribution in [0.15, 0.2) is 130 Å². The number of hydrogen-bond donors (Lipinski definition) is 0. The fourth-order valence-electron chi connectivity index (χ4n) is 6.29. The van der Waals surface area contributed by atoms with E-state index in [1.165, 1.54) is 6.07 Å². The summed E-state index contributed by atoms with van der Waals surface area (Å²) in [5.74, 6) is 1.02. The average Bonchev–Trinajstić information content (AvgIpc) is 3.20. The van der Waals surface area contributed by atoms with Gasteiger partial charge in [0.1, 0.15) is 41.9 Å². The van der Waals surface area contributed by atoms with E-state index in [0.717, 1.165) is 30.2 Å². The van der Waals surface area contributed by atoms with Crippen LogP contribution in [0.1, 0.15) is 23.9 Å². The first-order valence-corrected chi connectivity index (χ1v) is 20.2. The second-order valence-electron chi connectivity index (χ2n) is 12.2. The zero-order chi connectivity index (χ0) is 38.6. The van der Waals surface area contributed by atoms with Crippen LogP contribution < -0.4 is 20.6 Å². The highest BCUT2D eigenvalue weighted by atomic mass is 127. The number of halogens is 4. The van der Waals surface area contributed by atoms with Crippen molar-refractivity contribution in [1.82, 2.24) is 29.1 Å². The van der Waals surface area contributed by atoms with Crippen molar-refractivity contribution in [3.63, 3.8) is 0 Å². The van der Waals surface area contributed by atoms with Crippen LogP contribution in [-0.2, 0) is 13.2 Å². The third kappa shape index (κ3) is 7.98. The van der Waals surface area contributed by atoms with Crippen LogP contribution in [0.25, 0.3) is 45.0 Å². The zero-order valence-electron chi connectivity index (χ0n) is 29.3. The lowest BCUT2D eigenvalue weighted by Crippen LogP contribution is -2.27. The number of alkyl halides is 2. The predicted octanol–water partition coefficient (Wildman–Crippen LogP) is 9.45. The summed E-state index contributed by atoms with van der Waals surface area (Å²) in [5.41, 5.74) is 6.83. The number of nitrogens with zero attached hydrogens (tertiary/aromatic N) is 6. The van der Waals surface area contributed by atoms with Crippen LogP contribution in [-0.4, -0.2) is 31.0 Å². The van der Waals surface area contributed by atoms with Crippen molar-refractivity contribution in [3.8, 4) is 56.5 Å². The highest BCUT2D eigenvalue weighted by molar-refractivity contribution is 14.2. The molecule has 7 aromatic rings. The van der Waals surface area contributed by atoms with Gasteiger partial charge >= 0.3 is 0 Å². The second-order valence-corrected chi connectivity index (χ2v) is 19.2. The average molecular weight is 1020 g/mol. The van der Waals surface area contributed by atoms with Crippen molar-refractivity contribution in [3.05, 3.63) is 164 Å². The van der Waals surface area contributed by atoms with Gasteiger partial charge in [0.2, 0.25) is 0 Å². The summed E-state index contributed by atoms with van der Waals surface area (Å²) in [6.07, 6.45) is 10.00. The van der Waals surface area contributed by atoms with E-state index in [4.69, 9.17) is 9.47 Å². The molecule has 55 heavy (non-hydrogen) atoms. The largest absolute Gasteiger partial charge is 0.485 e. The summed E-state index contributed by atoms with van der Waals surface area (Å²) in [7, 11) is 0. The molecule has 0 fully saturated rings. The first kappa shape index (κ1) is 38.5. The van der Waals surface area contributed by atoms with Gasteiger partial charge in [-0.3, -0.25) is 38.7 Å². The van der Waals surface area contributed by atoms with E-state index in [0.29, 0.717) is 56.3 Å². The molecular weight excluding hydrogens is 993 g/mol. The predicted molar refractivity (Wildman–Crippen MR) is 230 cm³/mol. The number of benzene rings is 1. The molecule has 10 nitrogen and oxygen atoms in total. The molecule has 9 rings (SSSR count). The maximum absolute atomic E-state index is 14.2. The van der Waals surface area contributed by atoms with Gasteiger partial charge in [-0.15, -0.1) is 0 Å². The third-order valence-corrected chi connectivity index (χ3v) is 9.28. The smallest absolute Gasteiger partial charge is 0.269 e. The minimum absolute atomic E-state index is 0.144. The Kier molecular flexibility index (Phi) is 11.8. The molecule has 0 aliphatic carbocycles. The standard InChI is InChI=1S/C23H16FN3O2.C16H10BrN3O2.C2H4I2/c1-14-16(6-2-7-19(14)24)17-11-18-20(13-29-21-8-4-10-26-22(18)21)27(23(17)28)15-5-3-9-25-12-15;17-12-7-11-13(9-22-14-4-2-6-19-15(11)14)20(16(12)21)10-3-1-5-18-8-10;1-2(3)4/h2-12H,13H2,1H3;1-8H,9H2;2H,1H3. The molecule has 0 atom stereocenters. The topological polar surface area (TPSA) is 114 Å². The van der Waals surface area contributed by atoms with Crippen LogP contribution in [0.4, 0.5) is 4.39 Å². The van der Waals surface area contributed by atoms with E-state index >= 15 is 0 Å². The monoisotopic (exact) mass is 1020 g/mol. The Morgan fingerprint density at radius 1 is 0.691 bits per heavy atom. The Labute approximate surface area is 350 Å². The van der Waals surface area contributed by atoms with Crippen molar-refractivity contribution in [1.29, 1.82) is 0 Å². The van der Waals surface area contributed by atoms with E-state index < -0.39 is 0 Å². The molecule has 276 valence electrons. The molecule has 0 unspecified atom stereocenters. The van der Waals surface area contributed by atoms with E-state index in [9.17, 15) is 14.0 Å². The maximum Gasteiger partial charge on any atom is 0.269 e. The van der Waals surface area contributed by atoms with Crippen LogP contribution in [0.3, 0.4) is 0 Å². The Bertz CT molecular complexity index is 2640. The molecule has 8 heterocycles. The Hall–Kier alpha value is -4.81. The summed E-state index contributed by atoms with van der Waals surface area (Å²) < 4.78 is 30.3. The number of hydrogen-bond acceptors (Lipinski definition) is 8. The summed E-state index contributed by atoms with van der Waals surface area (Å²) >= 11 is 8.01. The number of pyridine rings is 6. The first-order valence-electron chi connectivity index (χ1n) is 16.9. The molecule has 0 spiro atoms. The maximum atomic E-state index is 14.2. The van der Waals surface area contributed by atoms with E-state index in [-0.39, 0.29) is 23.5 Å². The van der Waals surface area contributed by atoms with Crippen LogP contribution in [0.5, 0.6) is 11.5 Å². The number of rotatable bonds is 3. The zero-order valence-corrected chi connectivity index (χ0v) is 35.2. The van der Waals surface area contributed by atoms with Crippen LogP contribution in [0.2, 0.25) is 0 Å². The third-order valence-electron chi connectivity index (χ3n) is 8.71. The van der Waals surface area contributed by atoms with Crippen molar-refractivity contribution in [2.45, 2.75) is 29.0 Å². The minimum atomic E-state index is -0.352. The Morgan fingerprint density at radius 2 is 1.20 bits per heavy atom. The molecule has 0 saturated carbocycles. The van der Waals surface area contributed by atoms with E-state index in [1.807, 2.05) is 30.3 Å². The van der Waals surface area contributed by atoms with Gasteiger partial charge in [-0.25, -0.2) is 4.39 Å². The lowest BCUT2D eigenvalue weighted by molar-refractivity contribution is 0.292. The Morgan fingerprint density at radius 3 is 1.73 bits per heavy atom.